The summed E-state index contributed by atoms with van der Waals surface area (Å²) in [6.45, 7) is 0.312. The molecule has 114 valence electrons. The molecule has 0 spiro atoms. The Balaban J connectivity index is 1.98. The van der Waals surface area contributed by atoms with Crippen LogP contribution < -0.4 is 0 Å². The minimum absolute atomic E-state index is 0.246. The third-order valence-corrected chi connectivity index (χ3v) is 3.96. The Hall–Kier alpha value is -1.30. The number of aliphatic carboxylic acids is 1. The van der Waals surface area contributed by atoms with Gasteiger partial charge in [0.15, 0.2) is 6.10 Å². The van der Waals surface area contributed by atoms with Gasteiger partial charge in [-0.25, -0.2) is 4.79 Å². The van der Waals surface area contributed by atoms with Crippen LogP contribution in [0.2, 0.25) is 10.0 Å². The van der Waals surface area contributed by atoms with Crippen molar-refractivity contribution in [3.8, 4) is 0 Å². The van der Waals surface area contributed by atoms with Crippen molar-refractivity contribution >= 4 is 35.1 Å². The molecule has 1 aromatic rings. The predicted octanol–water partition coefficient (Wildman–Crippen LogP) is 2.58. The Labute approximate surface area is 132 Å². The van der Waals surface area contributed by atoms with Crippen LogP contribution in [0.3, 0.4) is 0 Å². The van der Waals surface area contributed by atoms with E-state index in [1.807, 2.05) is 0 Å². The number of rotatable bonds is 4. The maximum atomic E-state index is 12.2. The molecule has 0 bridgehead atoms. The molecule has 2 atom stereocenters. The van der Waals surface area contributed by atoms with Crippen molar-refractivity contribution in [3.05, 3.63) is 33.8 Å². The third-order valence-electron chi connectivity index (χ3n) is 3.37. The number of amides is 1. The second-order valence-electron chi connectivity index (χ2n) is 4.96. The Kier molecular flexibility index (Phi) is 5.08. The molecule has 1 aromatic carbocycles. The lowest BCUT2D eigenvalue weighted by Crippen LogP contribution is -2.36. The van der Waals surface area contributed by atoms with Gasteiger partial charge in [-0.05, 0) is 30.5 Å². The van der Waals surface area contributed by atoms with Crippen LogP contribution >= 0.6 is 23.2 Å². The number of hydrogen-bond acceptors (Lipinski definition) is 3. The van der Waals surface area contributed by atoms with Crippen LogP contribution in [0, 0.1) is 0 Å². The molecule has 1 fully saturated rings. The first-order valence-electron chi connectivity index (χ1n) is 6.45. The first kappa shape index (κ1) is 16.1. The minimum atomic E-state index is -1.03. The summed E-state index contributed by atoms with van der Waals surface area (Å²) in [6.07, 6.45) is -0.843. The van der Waals surface area contributed by atoms with E-state index in [1.54, 1.807) is 25.2 Å². The molecule has 0 unspecified atom stereocenters. The van der Waals surface area contributed by atoms with Gasteiger partial charge in [0.2, 0.25) is 0 Å². The van der Waals surface area contributed by atoms with Gasteiger partial charge in [-0.3, -0.25) is 4.79 Å². The molecule has 7 heteroatoms. The number of nitrogens with zero attached hydrogens (tertiary/aromatic N) is 1. The van der Waals surface area contributed by atoms with Crippen LogP contribution in [-0.2, 0) is 20.9 Å². The topological polar surface area (TPSA) is 66.8 Å². The summed E-state index contributed by atoms with van der Waals surface area (Å²) in [5.74, 6) is -1.28. The molecule has 1 aliphatic heterocycles. The van der Waals surface area contributed by atoms with E-state index in [9.17, 15) is 9.59 Å². The number of ether oxygens (including phenoxy) is 1. The molecule has 2 rings (SSSR count). The van der Waals surface area contributed by atoms with Gasteiger partial charge in [0.1, 0.15) is 6.10 Å². The molecule has 0 saturated carbocycles. The zero-order valence-electron chi connectivity index (χ0n) is 11.4. The number of hydrogen-bond donors (Lipinski definition) is 1. The average molecular weight is 332 g/mol. The van der Waals surface area contributed by atoms with Gasteiger partial charge in [0, 0.05) is 23.6 Å². The highest BCUT2D eigenvalue weighted by atomic mass is 35.5. The van der Waals surface area contributed by atoms with Gasteiger partial charge in [-0.2, -0.15) is 0 Å². The molecule has 0 aliphatic carbocycles. The van der Waals surface area contributed by atoms with Gasteiger partial charge < -0.3 is 14.7 Å². The Morgan fingerprint density at radius 1 is 1.33 bits per heavy atom. The average Bonchev–Trinajstić information content (AvgIpc) is 2.90. The van der Waals surface area contributed by atoms with E-state index < -0.39 is 18.2 Å². The van der Waals surface area contributed by atoms with Gasteiger partial charge in [-0.15, -0.1) is 0 Å². The largest absolute Gasteiger partial charge is 0.479 e. The number of carboxylic acid groups (broad SMARTS) is 1. The van der Waals surface area contributed by atoms with Crippen molar-refractivity contribution in [2.75, 3.05) is 7.05 Å². The van der Waals surface area contributed by atoms with Gasteiger partial charge in [0.05, 0.1) is 0 Å². The lowest BCUT2D eigenvalue weighted by Gasteiger charge is -2.21. The van der Waals surface area contributed by atoms with E-state index in [-0.39, 0.29) is 5.91 Å². The summed E-state index contributed by atoms with van der Waals surface area (Å²) in [5.41, 5.74) is 0.768. The van der Waals surface area contributed by atoms with E-state index in [1.165, 1.54) is 4.90 Å². The van der Waals surface area contributed by atoms with E-state index >= 15 is 0 Å². The van der Waals surface area contributed by atoms with Crippen LogP contribution in [0.5, 0.6) is 0 Å². The quantitative estimate of drug-likeness (QED) is 0.920. The monoisotopic (exact) mass is 331 g/mol. The van der Waals surface area contributed by atoms with Crippen molar-refractivity contribution in [2.24, 2.45) is 0 Å². The second-order valence-corrected chi connectivity index (χ2v) is 5.80. The molecule has 1 amide bonds. The number of carbonyl (C=O) groups is 2. The summed E-state index contributed by atoms with van der Waals surface area (Å²) >= 11 is 11.9. The fraction of sp³-hybridized carbons (Fsp3) is 0.429. The summed E-state index contributed by atoms with van der Waals surface area (Å²) in [6, 6.07) is 5.07. The summed E-state index contributed by atoms with van der Waals surface area (Å²) < 4.78 is 5.25. The molecule has 1 heterocycles. The van der Waals surface area contributed by atoms with Crippen molar-refractivity contribution < 1.29 is 19.4 Å². The molecular weight excluding hydrogens is 317 g/mol. The highest BCUT2D eigenvalue weighted by Crippen LogP contribution is 2.24. The zero-order valence-corrected chi connectivity index (χ0v) is 12.9. The van der Waals surface area contributed by atoms with Crippen LogP contribution in [0.25, 0.3) is 0 Å². The highest BCUT2D eigenvalue weighted by Gasteiger charge is 2.36. The fourth-order valence-electron chi connectivity index (χ4n) is 2.23. The molecule has 1 saturated heterocycles. The molecule has 21 heavy (non-hydrogen) atoms. The summed E-state index contributed by atoms with van der Waals surface area (Å²) in [7, 11) is 1.63. The lowest BCUT2D eigenvalue weighted by molar-refractivity contribution is -0.154. The molecule has 0 aromatic heterocycles. The van der Waals surface area contributed by atoms with Crippen LogP contribution in [0.1, 0.15) is 18.4 Å². The molecular formula is C14H15Cl2NO4. The van der Waals surface area contributed by atoms with Crippen LogP contribution in [-0.4, -0.2) is 41.1 Å². The predicted molar refractivity (Wildman–Crippen MR) is 78.5 cm³/mol. The van der Waals surface area contributed by atoms with Crippen molar-refractivity contribution in [3.63, 3.8) is 0 Å². The first-order chi connectivity index (χ1) is 9.88. The third kappa shape index (κ3) is 3.87. The Morgan fingerprint density at radius 2 is 2.00 bits per heavy atom. The zero-order chi connectivity index (χ0) is 15.6. The van der Waals surface area contributed by atoms with E-state index in [2.05, 4.69) is 0 Å². The van der Waals surface area contributed by atoms with E-state index in [0.29, 0.717) is 29.4 Å². The number of benzene rings is 1. The van der Waals surface area contributed by atoms with Crippen molar-refractivity contribution in [1.82, 2.24) is 4.90 Å². The maximum Gasteiger partial charge on any atom is 0.332 e. The summed E-state index contributed by atoms with van der Waals surface area (Å²) in [4.78, 5) is 24.5. The fourth-order valence-corrected chi connectivity index (χ4v) is 2.70. The van der Waals surface area contributed by atoms with Crippen LogP contribution in [0.15, 0.2) is 18.2 Å². The standard InChI is InChI=1S/C14H15Cl2NO4/c1-17(7-8-2-3-9(15)6-10(8)16)13(18)11-4-5-12(21-11)14(19)20/h2-3,6,11-12H,4-5,7H2,1H3,(H,19,20)/t11-,12+/m0/s1. The highest BCUT2D eigenvalue weighted by molar-refractivity contribution is 6.35. The van der Waals surface area contributed by atoms with Crippen molar-refractivity contribution in [1.29, 1.82) is 0 Å². The Morgan fingerprint density at radius 3 is 2.57 bits per heavy atom. The van der Waals surface area contributed by atoms with E-state index in [4.69, 9.17) is 33.0 Å². The van der Waals surface area contributed by atoms with Crippen LogP contribution in [0.4, 0.5) is 0 Å². The molecule has 1 N–H and O–H groups in total. The number of carboxylic acids is 1. The Bertz CT molecular complexity index is 564. The smallest absolute Gasteiger partial charge is 0.332 e. The second kappa shape index (κ2) is 6.64. The first-order valence-corrected chi connectivity index (χ1v) is 7.21. The molecule has 5 nitrogen and oxygen atoms in total. The molecule has 1 aliphatic rings. The number of likely N-dealkylation sites (N-methyl/N-ethyl adjacent to an activating group) is 1. The normalized spacial score (nSPS) is 21.3. The maximum absolute atomic E-state index is 12.2. The number of halogens is 2. The van der Waals surface area contributed by atoms with Crippen molar-refractivity contribution in [2.45, 2.75) is 31.6 Å². The minimum Gasteiger partial charge on any atom is -0.479 e. The summed E-state index contributed by atoms with van der Waals surface area (Å²) in [5, 5.41) is 9.88. The number of carbonyl (C=O) groups excluding carboxylic acids is 1. The van der Waals surface area contributed by atoms with Gasteiger partial charge >= 0.3 is 5.97 Å². The SMILES string of the molecule is CN(Cc1ccc(Cl)cc1Cl)C(=O)[C@@H]1CC[C@H](C(=O)O)O1. The van der Waals surface area contributed by atoms with Gasteiger partial charge in [-0.1, -0.05) is 29.3 Å². The van der Waals surface area contributed by atoms with E-state index in [0.717, 1.165) is 5.56 Å². The lowest BCUT2D eigenvalue weighted by atomic mass is 10.1. The van der Waals surface area contributed by atoms with Gasteiger partial charge in [0.25, 0.3) is 5.91 Å². The molecule has 0 radical (unpaired) electrons.